The molecule has 1 fully saturated rings. The fourth-order valence-corrected chi connectivity index (χ4v) is 3.84. The highest BCUT2D eigenvalue weighted by molar-refractivity contribution is 14.0. The summed E-state index contributed by atoms with van der Waals surface area (Å²) >= 11 is 0. The van der Waals surface area contributed by atoms with E-state index >= 15 is 0 Å². The molecule has 0 bridgehead atoms. The maximum Gasteiger partial charge on any atom is 0.191 e. The standard InChI is InChI=1S/C23H35N3O2.HI/c1-3-24-23(25-13-10-19-11-15-27-16-12-19)26-17-21-5-4-14-28-22(21)20-8-6-18(2)7-9-20;/h6-9,11,21-22H,3-5,10,12-17H2,1-2H3,(H2,24,25,26);1H. The molecule has 29 heavy (non-hydrogen) atoms. The van der Waals surface area contributed by atoms with E-state index in [2.05, 4.69) is 54.8 Å². The SMILES string of the molecule is CCNC(=NCC1CCCOC1c1ccc(C)cc1)NCCC1=CCOCC1.I. The second-order valence-electron chi connectivity index (χ2n) is 7.69. The second-order valence-corrected chi connectivity index (χ2v) is 7.69. The summed E-state index contributed by atoms with van der Waals surface area (Å²) in [5, 5.41) is 6.86. The van der Waals surface area contributed by atoms with Crippen molar-refractivity contribution in [3.8, 4) is 0 Å². The largest absolute Gasteiger partial charge is 0.377 e. The van der Waals surface area contributed by atoms with Gasteiger partial charge in [-0.05, 0) is 45.1 Å². The molecule has 0 amide bonds. The van der Waals surface area contributed by atoms with Gasteiger partial charge in [-0.25, -0.2) is 0 Å². The van der Waals surface area contributed by atoms with Crippen molar-refractivity contribution < 1.29 is 9.47 Å². The number of ether oxygens (including phenoxy) is 2. The van der Waals surface area contributed by atoms with E-state index in [1.165, 1.54) is 16.7 Å². The Morgan fingerprint density at radius 3 is 2.72 bits per heavy atom. The summed E-state index contributed by atoms with van der Waals surface area (Å²) in [5.74, 6) is 1.33. The lowest BCUT2D eigenvalue weighted by molar-refractivity contribution is -0.0250. The maximum absolute atomic E-state index is 6.14. The molecular formula is C23H36IN3O2. The molecule has 1 aromatic carbocycles. The van der Waals surface area contributed by atoms with E-state index in [1.807, 2.05) is 0 Å². The summed E-state index contributed by atoms with van der Waals surface area (Å²) in [5.41, 5.74) is 4.04. The average molecular weight is 513 g/mol. The van der Waals surface area contributed by atoms with Gasteiger partial charge < -0.3 is 20.1 Å². The number of benzene rings is 1. The smallest absolute Gasteiger partial charge is 0.191 e. The van der Waals surface area contributed by atoms with Gasteiger partial charge >= 0.3 is 0 Å². The fourth-order valence-electron chi connectivity index (χ4n) is 3.84. The molecule has 2 unspecified atom stereocenters. The molecule has 0 radical (unpaired) electrons. The van der Waals surface area contributed by atoms with E-state index in [0.29, 0.717) is 5.92 Å². The Morgan fingerprint density at radius 1 is 1.17 bits per heavy atom. The molecular weight excluding hydrogens is 477 g/mol. The first-order valence-corrected chi connectivity index (χ1v) is 10.7. The van der Waals surface area contributed by atoms with E-state index in [-0.39, 0.29) is 30.1 Å². The summed E-state index contributed by atoms with van der Waals surface area (Å²) in [6.07, 6.45) is 6.73. The van der Waals surface area contributed by atoms with Gasteiger partial charge in [-0.1, -0.05) is 41.5 Å². The average Bonchev–Trinajstić information content (AvgIpc) is 2.74. The first-order chi connectivity index (χ1) is 13.8. The van der Waals surface area contributed by atoms with E-state index in [9.17, 15) is 0 Å². The topological polar surface area (TPSA) is 54.9 Å². The Balaban J connectivity index is 0.00000300. The summed E-state index contributed by atoms with van der Waals surface area (Å²) in [7, 11) is 0. The third-order valence-corrected chi connectivity index (χ3v) is 5.47. The molecule has 1 aromatic rings. The number of nitrogens with one attached hydrogen (secondary N) is 2. The molecule has 0 aliphatic carbocycles. The van der Waals surface area contributed by atoms with Crippen molar-refractivity contribution in [1.82, 2.24) is 10.6 Å². The van der Waals surface area contributed by atoms with Crippen molar-refractivity contribution in [2.75, 3.05) is 39.5 Å². The number of aryl methyl sites for hydroxylation is 1. The molecule has 2 N–H and O–H groups in total. The van der Waals surface area contributed by atoms with Gasteiger partial charge in [0.15, 0.2) is 5.96 Å². The highest BCUT2D eigenvalue weighted by Gasteiger charge is 2.27. The lowest BCUT2D eigenvalue weighted by Gasteiger charge is -2.31. The maximum atomic E-state index is 6.14. The molecule has 3 rings (SSSR count). The molecule has 0 saturated carbocycles. The molecule has 0 spiro atoms. The molecule has 162 valence electrons. The highest BCUT2D eigenvalue weighted by Crippen LogP contribution is 2.33. The number of nitrogens with zero attached hydrogens (tertiary/aromatic N) is 1. The van der Waals surface area contributed by atoms with Crippen LogP contribution in [0.4, 0.5) is 0 Å². The van der Waals surface area contributed by atoms with E-state index in [1.54, 1.807) is 0 Å². The molecule has 5 nitrogen and oxygen atoms in total. The molecule has 6 heteroatoms. The van der Waals surface area contributed by atoms with Crippen LogP contribution in [0.15, 0.2) is 40.9 Å². The molecule has 2 aliphatic heterocycles. The predicted octanol–water partition coefficient (Wildman–Crippen LogP) is 4.37. The zero-order valence-electron chi connectivity index (χ0n) is 17.8. The van der Waals surface area contributed by atoms with Crippen LogP contribution in [-0.2, 0) is 9.47 Å². The van der Waals surface area contributed by atoms with Gasteiger partial charge in [0.1, 0.15) is 0 Å². The number of guanidine groups is 1. The van der Waals surface area contributed by atoms with Gasteiger partial charge in [0.05, 0.1) is 19.3 Å². The quantitative estimate of drug-likeness (QED) is 0.246. The van der Waals surface area contributed by atoms with Crippen molar-refractivity contribution in [3.05, 3.63) is 47.0 Å². The first-order valence-electron chi connectivity index (χ1n) is 10.7. The van der Waals surface area contributed by atoms with Crippen molar-refractivity contribution >= 4 is 29.9 Å². The van der Waals surface area contributed by atoms with Gasteiger partial charge in [0.25, 0.3) is 0 Å². The normalized spacial score (nSPS) is 22.4. The van der Waals surface area contributed by atoms with Crippen LogP contribution >= 0.6 is 24.0 Å². The molecule has 1 saturated heterocycles. The van der Waals surface area contributed by atoms with Crippen LogP contribution in [0.2, 0.25) is 0 Å². The number of hydrogen-bond donors (Lipinski definition) is 2. The lowest BCUT2D eigenvalue weighted by atomic mass is 9.89. The Morgan fingerprint density at radius 2 is 2.00 bits per heavy atom. The number of rotatable bonds is 7. The molecule has 2 aliphatic rings. The molecule has 2 atom stereocenters. The van der Waals surface area contributed by atoms with Gasteiger partial charge in [0, 0.05) is 32.2 Å². The van der Waals surface area contributed by atoms with E-state index < -0.39 is 0 Å². The van der Waals surface area contributed by atoms with Crippen LogP contribution in [0, 0.1) is 12.8 Å². The Hall–Kier alpha value is -1.12. The minimum absolute atomic E-state index is 0. The fraction of sp³-hybridized carbons (Fsp3) is 0.609. The van der Waals surface area contributed by atoms with Crippen LogP contribution in [-0.4, -0.2) is 45.4 Å². The molecule has 2 heterocycles. The zero-order chi connectivity index (χ0) is 19.6. The van der Waals surface area contributed by atoms with Crippen LogP contribution < -0.4 is 10.6 Å². The first kappa shape index (κ1) is 24.2. The molecule has 0 aromatic heterocycles. The van der Waals surface area contributed by atoms with Crippen LogP contribution in [0.5, 0.6) is 0 Å². The van der Waals surface area contributed by atoms with Crippen molar-refractivity contribution in [1.29, 1.82) is 0 Å². The lowest BCUT2D eigenvalue weighted by Crippen LogP contribution is -2.38. The van der Waals surface area contributed by atoms with Crippen molar-refractivity contribution in [3.63, 3.8) is 0 Å². The number of hydrogen-bond acceptors (Lipinski definition) is 3. The van der Waals surface area contributed by atoms with Crippen molar-refractivity contribution in [2.24, 2.45) is 10.9 Å². The van der Waals surface area contributed by atoms with E-state index in [0.717, 1.165) is 71.1 Å². The third kappa shape index (κ3) is 7.90. The minimum Gasteiger partial charge on any atom is -0.377 e. The van der Waals surface area contributed by atoms with Gasteiger partial charge in [-0.3, -0.25) is 4.99 Å². The minimum atomic E-state index is 0. The van der Waals surface area contributed by atoms with Crippen LogP contribution in [0.1, 0.15) is 49.8 Å². The monoisotopic (exact) mass is 513 g/mol. The third-order valence-electron chi connectivity index (χ3n) is 5.47. The predicted molar refractivity (Wildman–Crippen MR) is 130 cm³/mol. The van der Waals surface area contributed by atoms with Crippen molar-refractivity contribution in [2.45, 2.75) is 45.6 Å². The van der Waals surface area contributed by atoms with E-state index in [4.69, 9.17) is 14.5 Å². The van der Waals surface area contributed by atoms with Crippen LogP contribution in [0.3, 0.4) is 0 Å². The Kier molecular flexibility index (Phi) is 11.0. The Labute approximate surface area is 192 Å². The zero-order valence-corrected chi connectivity index (χ0v) is 20.1. The number of aliphatic imine (C=N–C) groups is 1. The van der Waals surface area contributed by atoms with Gasteiger partial charge in [0.2, 0.25) is 0 Å². The summed E-state index contributed by atoms with van der Waals surface area (Å²) in [6, 6.07) is 8.74. The number of halogens is 1. The summed E-state index contributed by atoms with van der Waals surface area (Å²) in [4.78, 5) is 4.88. The van der Waals surface area contributed by atoms with Gasteiger partial charge in [-0.2, -0.15) is 0 Å². The Bertz CT molecular complexity index is 661. The highest BCUT2D eigenvalue weighted by atomic mass is 127. The van der Waals surface area contributed by atoms with Crippen LogP contribution in [0.25, 0.3) is 0 Å². The summed E-state index contributed by atoms with van der Waals surface area (Å²) in [6.45, 7) is 9.23. The van der Waals surface area contributed by atoms with Gasteiger partial charge in [-0.15, -0.1) is 24.0 Å². The second kappa shape index (κ2) is 13.2. The summed E-state index contributed by atoms with van der Waals surface area (Å²) < 4.78 is 11.5.